The monoisotopic (exact) mass is 1040 g/mol. The van der Waals surface area contributed by atoms with Gasteiger partial charge in [0.15, 0.2) is 9.84 Å². The maximum atomic E-state index is 14.0. The molecule has 382 valence electrons. The Bertz CT molecular complexity index is 3030. The highest BCUT2D eigenvalue weighted by Crippen LogP contribution is 2.30. The number of benzene rings is 2. The molecule has 2 aliphatic carbocycles. The fraction of sp³-hybridized carbons (Fsp3) is 0.308. The molecule has 4 aromatic heterocycles. The van der Waals surface area contributed by atoms with Gasteiger partial charge in [-0.1, -0.05) is 24.3 Å². The van der Waals surface area contributed by atoms with E-state index in [1.165, 1.54) is 24.3 Å². The quantitative estimate of drug-likeness (QED) is 0.0754. The minimum absolute atomic E-state index is 0.0225. The highest BCUT2D eigenvalue weighted by molar-refractivity contribution is 7.90. The van der Waals surface area contributed by atoms with Gasteiger partial charge >= 0.3 is 0 Å². The molecule has 1 atom stereocenters. The standard InChI is InChI=1S/C26H27FN4O5S.C26H27FN4O4S/c1-37(34,35)22-7-4-6-21(14-22)36-26-23(13-18(27)15-30-26)25(33)31-19-10-8-17(9-11-19)24(32)29-16-20-5-2-3-12-28-20;1-36(34)22-7-4-6-21(14-22)35-26-23(13-18(27)15-30-26)25(33)31-19-10-8-17(9-11-19)24(32)29-16-20-5-2-3-12-28-20/h2-7,12-15,17,19H,8-11,16H2,1H3,(H,29,32)(H,31,33);2-7,12-15,17,19H,8-11,16H2,1H3,(H,29,32)(H,31,33). The average molecular weight is 1040 g/mol. The third-order valence-corrected chi connectivity index (χ3v) is 14.2. The van der Waals surface area contributed by atoms with E-state index in [9.17, 15) is 40.6 Å². The molecule has 2 aliphatic rings. The van der Waals surface area contributed by atoms with Crippen LogP contribution >= 0.6 is 0 Å². The number of amides is 4. The van der Waals surface area contributed by atoms with Crippen molar-refractivity contribution in [3.05, 3.63) is 156 Å². The molecule has 2 fully saturated rings. The van der Waals surface area contributed by atoms with E-state index in [1.54, 1.807) is 42.9 Å². The van der Waals surface area contributed by atoms with Crippen LogP contribution in [0, 0.1) is 23.5 Å². The SMILES string of the molecule is CS(=O)(=O)c1cccc(Oc2ncc(F)cc2C(=O)NC2CCC(C(=O)NCc3ccccn3)CC2)c1.CS(=O)c1cccc(Oc2ncc(F)cc2C(=O)NC2CCC(C(=O)NCc3ccccn3)CC2)c1. The summed E-state index contributed by atoms with van der Waals surface area (Å²) >= 11 is 0. The van der Waals surface area contributed by atoms with Crippen LogP contribution in [0.25, 0.3) is 0 Å². The van der Waals surface area contributed by atoms with E-state index in [4.69, 9.17) is 9.47 Å². The second kappa shape index (κ2) is 25.2. The number of halogens is 2. The lowest BCUT2D eigenvalue weighted by molar-refractivity contribution is -0.127. The topological polar surface area (TPSA) is 238 Å². The zero-order chi connectivity index (χ0) is 51.9. The van der Waals surface area contributed by atoms with Gasteiger partial charge in [0.25, 0.3) is 11.8 Å². The maximum Gasteiger partial charge on any atom is 0.257 e. The third-order valence-electron chi connectivity index (χ3n) is 12.1. The molecule has 0 aliphatic heterocycles. The Morgan fingerprint density at radius 1 is 0.603 bits per heavy atom. The molecule has 0 radical (unpaired) electrons. The molecule has 2 saturated carbocycles. The summed E-state index contributed by atoms with van der Waals surface area (Å²) in [5.74, 6) is -2.51. The molecular weight excluding hydrogens is 983 g/mol. The second-order valence-corrected chi connectivity index (χ2v) is 20.9. The lowest BCUT2D eigenvalue weighted by atomic mass is 9.85. The Kier molecular flexibility index (Phi) is 18.4. The molecule has 17 nitrogen and oxygen atoms in total. The normalized spacial score (nSPS) is 17.9. The van der Waals surface area contributed by atoms with Gasteiger partial charge in [-0.25, -0.2) is 27.2 Å². The number of aromatic nitrogens is 4. The molecule has 4 N–H and O–H groups in total. The molecule has 4 heterocycles. The molecule has 0 bridgehead atoms. The summed E-state index contributed by atoms with van der Waals surface area (Å²) < 4.78 is 74.7. The zero-order valence-corrected chi connectivity index (χ0v) is 41.6. The summed E-state index contributed by atoms with van der Waals surface area (Å²) in [6.07, 6.45) is 12.7. The van der Waals surface area contributed by atoms with Crippen molar-refractivity contribution in [1.82, 2.24) is 41.2 Å². The van der Waals surface area contributed by atoms with Crippen molar-refractivity contribution >= 4 is 44.3 Å². The van der Waals surface area contributed by atoms with Gasteiger partial charge < -0.3 is 30.7 Å². The molecule has 8 rings (SSSR count). The van der Waals surface area contributed by atoms with Gasteiger partial charge in [-0.15, -0.1) is 0 Å². The van der Waals surface area contributed by atoms with Crippen LogP contribution in [0.5, 0.6) is 23.3 Å². The predicted molar refractivity (Wildman–Crippen MR) is 265 cm³/mol. The number of carbonyl (C=O) groups excluding carboxylic acids is 4. The van der Waals surface area contributed by atoms with Crippen LogP contribution in [0.3, 0.4) is 0 Å². The van der Waals surface area contributed by atoms with Crippen LogP contribution in [-0.4, -0.2) is 80.8 Å². The summed E-state index contributed by atoms with van der Waals surface area (Å²) in [7, 11) is -4.68. The summed E-state index contributed by atoms with van der Waals surface area (Å²) in [5, 5.41) is 11.6. The Morgan fingerprint density at radius 3 is 1.48 bits per heavy atom. The Labute approximate surface area is 423 Å². The van der Waals surface area contributed by atoms with E-state index in [1.807, 2.05) is 36.4 Å². The first kappa shape index (κ1) is 53.3. The van der Waals surface area contributed by atoms with Crippen LogP contribution < -0.4 is 30.7 Å². The highest BCUT2D eigenvalue weighted by atomic mass is 32.2. The lowest BCUT2D eigenvalue weighted by Gasteiger charge is -2.28. The molecule has 2 aromatic carbocycles. The molecule has 1 unspecified atom stereocenters. The van der Waals surface area contributed by atoms with Crippen LogP contribution in [0.1, 0.15) is 83.5 Å². The Hall–Kier alpha value is -7.52. The first-order valence-corrected chi connectivity index (χ1v) is 26.9. The van der Waals surface area contributed by atoms with Crippen LogP contribution in [0.4, 0.5) is 8.78 Å². The van der Waals surface area contributed by atoms with Crippen molar-refractivity contribution in [1.29, 1.82) is 0 Å². The molecule has 0 saturated heterocycles. The van der Waals surface area contributed by atoms with Gasteiger partial charge in [-0.2, -0.15) is 0 Å². The van der Waals surface area contributed by atoms with E-state index in [-0.39, 0.29) is 69.3 Å². The molecule has 21 heteroatoms. The zero-order valence-electron chi connectivity index (χ0n) is 40.0. The van der Waals surface area contributed by atoms with Crippen LogP contribution in [-0.2, 0) is 43.3 Å². The molecule has 6 aromatic rings. The van der Waals surface area contributed by atoms with Gasteiger partial charge in [0.05, 0.1) is 41.8 Å². The van der Waals surface area contributed by atoms with Crippen molar-refractivity contribution in [2.45, 2.75) is 86.3 Å². The summed E-state index contributed by atoms with van der Waals surface area (Å²) in [4.78, 5) is 67.9. The number of nitrogens with one attached hydrogen (secondary N) is 4. The maximum absolute atomic E-state index is 14.0. The van der Waals surface area contributed by atoms with E-state index in [0.717, 1.165) is 42.2 Å². The van der Waals surface area contributed by atoms with E-state index < -0.39 is 44.1 Å². The number of pyridine rings is 4. The van der Waals surface area contributed by atoms with Crippen molar-refractivity contribution in [3.63, 3.8) is 0 Å². The van der Waals surface area contributed by atoms with E-state index in [0.29, 0.717) is 75.1 Å². The van der Waals surface area contributed by atoms with Gasteiger partial charge in [0, 0.05) is 64.5 Å². The molecule has 0 spiro atoms. The first-order chi connectivity index (χ1) is 35.1. The van der Waals surface area contributed by atoms with Crippen molar-refractivity contribution in [2.75, 3.05) is 12.5 Å². The fourth-order valence-corrected chi connectivity index (χ4v) is 9.43. The van der Waals surface area contributed by atoms with Crippen molar-refractivity contribution < 1.29 is 50.1 Å². The molecular formula is C52H54F2N8O9S2. The fourth-order valence-electron chi connectivity index (χ4n) is 8.23. The van der Waals surface area contributed by atoms with Crippen LogP contribution in [0.2, 0.25) is 0 Å². The Balaban J connectivity index is 0.000000214. The smallest absolute Gasteiger partial charge is 0.257 e. The average Bonchev–Trinajstić information content (AvgIpc) is 3.39. The number of carbonyl (C=O) groups is 4. The van der Waals surface area contributed by atoms with Gasteiger partial charge in [0.1, 0.15) is 34.3 Å². The number of ether oxygens (including phenoxy) is 2. The number of hydrogen-bond acceptors (Lipinski definition) is 13. The Morgan fingerprint density at radius 2 is 1.05 bits per heavy atom. The van der Waals surface area contributed by atoms with E-state index in [2.05, 4.69) is 41.2 Å². The minimum Gasteiger partial charge on any atom is -0.438 e. The largest absolute Gasteiger partial charge is 0.438 e. The van der Waals surface area contributed by atoms with E-state index >= 15 is 0 Å². The van der Waals surface area contributed by atoms with Gasteiger partial charge in [0.2, 0.25) is 23.6 Å². The summed E-state index contributed by atoms with van der Waals surface area (Å²) in [6.45, 7) is 0.738. The number of rotatable bonds is 16. The van der Waals surface area contributed by atoms with Crippen molar-refractivity contribution in [2.24, 2.45) is 11.8 Å². The molecule has 73 heavy (non-hydrogen) atoms. The predicted octanol–water partition coefficient (Wildman–Crippen LogP) is 7.17. The van der Waals surface area contributed by atoms with Crippen LogP contribution in [0.15, 0.2) is 132 Å². The lowest BCUT2D eigenvalue weighted by Crippen LogP contribution is -2.41. The van der Waals surface area contributed by atoms with Crippen molar-refractivity contribution in [3.8, 4) is 23.3 Å². The first-order valence-electron chi connectivity index (χ1n) is 23.4. The third kappa shape index (κ3) is 15.7. The number of sulfone groups is 1. The summed E-state index contributed by atoms with van der Waals surface area (Å²) in [6, 6.07) is 25.2. The second-order valence-electron chi connectivity index (χ2n) is 17.5. The number of hydrogen-bond donors (Lipinski definition) is 4. The minimum atomic E-state index is -3.47. The number of nitrogens with zero attached hydrogens (tertiary/aromatic N) is 4. The molecule has 4 amide bonds. The summed E-state index contributed by atoms with van der Waals surface area (Å²) in [5.41, 5.74) is 1.43. The van der Waals surface area contributed by atoms with Gasteiger partial charge in [-0.3, -0.25) is 33.4 Å². The van der Waals surface area contributed by atoms with Gasteiger partial charge in [-0.05, 0) is 124 Å². The highest BCUT2D eigenvalue weighted by Gasteiger charge is 2.30.